The van der Waals surface area contributed by atoms with Crippen molar-refractivity contribution in [3.8, 4) is 0 Å². The topological polar surface area (TPSA) is 231 Å². The van der Waals surface area contributed by atoms with E-state index in [-0.39, 0.29) is 26.1 Å². The van der Waals surface area contributed by atoms with Crippen LogP contribution in [0.5, 0.6) is 0 Å². The van der Waals surface area contributed by atoms with Crippen LogP contribution in [0.2, 0.25) is 0 Å². The number of hydrogen-bond donors (Lipinski definition) is 7. The number of hydrogen-bond acceptors (Lipinski definition) is 15. The Bertz CT molecular complexity index is 1350. The standard InChI is InChI=1S/C57H104O15/c1-3-5-7-9-11-13-15-17-19-21-22-24-26-28-30-32-34-36-38-40-49(60)70-45(42-67-48(59)39-37-35-33-31-29-27-25-23-20-18-16-14-12-10-8-6-4-2)43-68-56-55(66)53(64)51(62)47(72-56)44-69-57-54(65)52(63)50(61)46(41-58)71-57/h17-20,45-47,50-58,61-66H,3-16,21-44H2,1-2H3/b19-17+,20-18+/t45-,46+,47+,50-,51-,52?,53?,54?,55?,56+,57+/m1/s1. The first kappa shape index (κ1) is 66.1. The number of allylic oxidation sites excluding steroid dienone is 4. The van der Waals surface area contributed by atoms with Crippen molar-refractivity contribution in [2.24, 2.45) is 0 Å². The molecule has 2 saturated heterocycles. The molecule has 0 aromatic rings. The number of carbonyl (C=O) groups excluding carboxylic acids is 2. The lowest BCUT2D eigenvalue weighted by Crippen LogP contribution is -2.61. The summed E-state index contributed by atoms with van der Waals surface area (Å²) in [6.45, 7) is 2.61. The Morgan fingerprint density at radius 1 is 0.431 bits per heavy atom. The van der Waals surface area contributed by atoms with Gasteiger partial charge < -0.3 is 64.2 Å². The summed E-state index contributed by atoms with van der Waals surface area (Å²) in [5.41, 5.74) is 0. The summed E-state index contributed by atoms with van der Waals surface area (Å²) in [4.78, 5) is 25.9. The number of esters is 2. The predicted molar refractivity (Wildman–Crippen MR) is 280 cm³/mol. The lowest BCUT2D eigenvalue weighted by atomic mass is 9.98. The summed E-state index contributed by atoms with van der Waals surface area (Å²) < 4.78 is 33.7. The number of aliphatic hydroxyl groups is 7. The van der Waals surface area contributed by atoms with E-state index in [0.717, 1.165) is 51.4 Å². The molecule has 0 amide bonds. The number of unbranched alkanes of at least 4 members (excludes halogenated alkanes) is 28. The Morgan fingerprint density at radius 2 is 0.792 bits per heavy atom. The van der Waals surface area contributed by atoms with E-state index < -0.39 is 92.7 Å². The van der Waals surface area contributed by atoms with E-state index in [2.05, 4.69) is 38.2 Å². The summed E-state index contributed by atoms with van der Waals surface area (Å²) in [7, 11) is 0. The van der Waals surface area contributed by atoms with Gasteiger partial charge in [-0.25, -0.2) is 0 Å². The van der Waals surface area contributed by atoms with Gasteiger partial charge in [-0.3, -0.25) is 9.59 Å². The van der Waals surface area contributed by atoms with Crippen LogP contribution in [-0.4, -0.2) is 142 Å². The highest BCUT2D eigenvalue weighted by Gasteiger charge is 2.47. The van der Waals surface area contributed by atoms with E-state index in [1.54, 1.807) is 0 Å². The molecule has 0 radical (unpaired) electrons. The molecule has 2 aliphatic heterocycles. The highest BCUT2D eigenvalue weighted by molar-refractivity contribution is 5.70. The van der Waals surface area contributed by atoms with Crippen LogP contribution in [0.25, 0.3) is 0 Å². The first-order valence-corrected chi connectivity index (χ1v) is 28.9. The maximum absolute atomic E-state index is 13.1. The molecule has 11 atom stereocenters. The van der Waals surface area contributed by atoms with Gasteiger partial charge in [0.05, 0.1) is 19.8 Å². The zero-order valence-corrected chi connectivity index (χ0v) is 44.9. The first-order valence-electron chi connectivity index (χ1n) is 28.9. The van der Waals surface area contributed by atoms with Crippen LogP contribution in [-0.2, 0) is 38.0 Å². The third-order valence-electron chi connectivity index (χ3n) is 13.9. The largest absolute Gasteiger partial charge is 0.462 e. The average molecular weight is 1030 g/mol. The van der Waals surface area contributed by atoms with Crippen LogP contribution in [0.3, 0.4) is 0 Å². The van der Waals surface area contributed by atoms with Gasteiger partial charge in [0.2, 0.25) is 0 Å². The lowest BCUT2D eigenvalue weighted by molar-refractivity contribution is -0.332. The van der Waals surface area contributed by atoms with Crippen LogP contribution in [0, 0.1) is 0 Å². The Morgan fingerprint density at radius 3 is 1.22 bits per heavy atom. The third-order valence-corrected chi connectivity index (χ3v) is 13.9. The minimum absolute atomic E-state index is 0.164. The fourth-order valence-electron chi connectivity index (χ4n) is 9.15. The molecule has 422 valence electrons. The summed E-state index contributed by atoms with van der Waals surface area (Å²) in [5.74, 6) is -0.923. The highest BCUT2D eigenvalue weighted by atomic mass is 16.7. The maximum Gasteiger partial charge on any atom is 0.306 e. The second kappa shape index (κ2) is 44.1. The highest BCUT2D eigenvalue weighted by Crippen LogP contribution is 2.27. The molecule has 7 N–H and O–H groups in total. The van der Waals surface area contributed by atoms with Crippen molar-refractivity contribution in [1.82, 2.24) is 0 Å². The normalized spacial score (nSPS) is 25.1. The Balaban J connectivity index is 1.76. The maximum atomic E-state index is 13.1. The molecule has 0 aromatic carbocycles. The number of rotatable bonds is 46. The fourth-order valence-corrected chi connectivity index (χ4v) is 9.15. The van der Waals surface area contributed by atoms with Gasteiger partial charge in [-0.1, -0.05) is 179 Å². The van der Waals surface area contributed by atoms with E-state index in [0.29, 0.717) is 12.8 Å². The van der Waals surface area contributed by atoms with Crippen LogP contribution < -0.4 is 0 Å². The molecule has 2 aliphatic rings. The number of carbonyl (C=O) groups is 2. The Hall–Kier alpha value is -2.02. The minimum atomic E-state index is -1.76. The smallest absolute Gasteiger partial charge is 0.306 e. The molecule has 2 rings (SSSR count). The fraction of sp³-hybridized carbons (Fsp3) is 0.895. The van der Waals surface area contributed by atoms with Gasteiger partial charge in [0.15, 0.2) is 18.7 Å². The Labute approximate surface area is 434 Å². The molecular formula is C57H104O15. The van der Waals surface area contributed by atoms with Crippen LogP contribution >= 0.6 is 0 Å². The predicted octanol–water partition coefficient (Wildman–Crippen LogP) is 9.50. The number of ether oxygens (including phenoxy) is 6. The minimum Gasteiger partial charge on any atom is -0.462 e. The van der Waals surface area contributed by atoms with Crippen molar-refractivity contribution in [2.45, 2.75) is 300 Å². The molecule has 0 saturated carbocycles. The van der Waals surface area contributed by atoms with Crippen molar-refractivity contribution in [3.63, 3.8) is 0 Å². The second-order valence-electron chi connectivity index (χ2n) is 20.5. The van der Waals surface area contributed by atoms with Crippen molar-refractivity contribution >= 4 is 11.9 Å². The van der Waals surface area contributed by atoms with E-state index in [1.807, 2.05) is 0 Å². The van der Waals surface area contributed by atoms with Gasteiger partial charge in [0, 0.05) is 12.8 Å². The van der Waals surface area contributed by atoms with Crippen molar-refractivity contribution in [3.05, 3.63) is 24.3 Å². The molecule has 2 fully saturated rings. The van der Waals surface area contributed by atoms with Crippen molar-refractivity contribution < 1.29 is 73.8 Å². The van der Waals surface area contributed by atoms with Gasteiger partial charge in [-0.15, -0.1) is 0 Å². The number of aliphatic hydroxyl groups excluding tert-OH is 7. The third kappa shape index (κ3) is 31.1. The summed E-state index contributed by atoms with van der Waals surface area (Å²) >= 11 is 0. The van der Waals surface area contributed by atoms with Crippen LogP contribution in [0.15, 0.2) is 24.3 Å². The molecule has 0 aromatic heterocycles. The van der Waals surface area contributed by atoms with Gasteiger partial charge in [-0.05, 0) is 64.2 Å². The SMILES string of the molecule is CCCCCCCC/C=C/CCCCCCCCCCCC(=O)O[C@H](COC(=O)CCCCCCCCC/C=C/CCCCCCCC)CO[C@H]1O[C@@H](CO[C@H]2O[C@@H](CO)[C@@H](O)C(O)C2O)[C@@H](O)C(O)C1O. The van der Waals surface area contributed by atoms with E-state index in [9.17, 15) is 45.3 Å². The zero-order valence-electron chi connectivity index (χ0n) is 44.9. The molecule has 0 bridgehead atoms. The summed E-state index contributed by atoms with van der Waals surface area (Å²) in [6.07, 6.45) is 30.5. The molecule has 15 nitrogen and oxygen atoms in total. The summed E-state index contributed by atoms with van der Waals surface area (Å²) in [5, 5.41) is 72.3. The molecular weight excluding hydrogens is 925 g/mol. The van der Waals surface area contributed by atoms with Crippen LogP contribution in [0.1, 0.15) is 232 Å². The molecule has 0 aliphatic carbocycles. The first-order chi connectivity index (χ1) is 35.0. The van der Waals surface area contributed by atoms with E-state index in [1.165, 1.54) is 141 Å². The molecule has 0 spiro atoms. The molecule has 15 heteroatoms. The average Bonchev–Trinajstić information content (AvgIpc) is 3.37. The van der Waals surface area contributed by atoms with Crippen LogP contribution in [0.4, 0.5) is 0 Å². The van der Waals surface area contributed by atoms with Gasteiger partial charge in [0.25, 0.3) is 0 Å². The second-order valence-corrected chi connectivity index (χ2v) is 20.5. The monoisotopic (exact) mass is 1030 g/mol. The quantitative estimate of drug-likeness (QED) is 0.0171. The lowest BCUT2D eigenvalue weighted by Gasteiger charge is -2.42. The van der Waals surface area contributed by atoms with Gasteiger partial charge in [-0.2, -0.15) is 0 Å². The molecule has 72 heavy (non-hydrogen) atoms. The van der Waals surface area contributed by atoms with Crippen molar-refractivity contribution in [1.29, 1.82) is 0 Å². The van der Waals surface area contributed by atoms with Crippen molar-refractivity contribution in [2.75, 3.05) is 26.4 Å². The van der Waals surface area contributed by atoms with E-state index in [4.69, 9.17) is 28.4 Å². The molecule has 4 unspecified atom stereocenters. The zero-order chi connectivity index (χ0) is 52.4. The Kier molecular flexibility index (Phi) is 40.5. The van der Waals surface area contributed by atoms with E-state index >= 15 is 0 Å². The van der Waals surface area contributed by atoms with Gasteiger partial charge >= 0.3 is 11.9 Å². The van der Waals surface area contributed by atoms with Gasteiger partial charge in [0.1, 0.15) is 55.4 Å². The molecule has 2 heterocycles. The summed E-state index contributed by atoms with van der Waals surface area (Å²) in [6, 6.07) is 0.